The highest BCUT2D eigenvalue weighted by atomic mass is 32.2. The van der Waals surface area contributed by atoms with Gasteiger partial charge in [-0.05, 0) is 65.9 Å². The first-order valence-electron chi connectivity index (χ1n) is 13.3. The second-order valence-electron chi connectivity index (χ2n) is 10.0. The minimum atomic E-state index is -4.77. The lowest BCUT2D eigenvalue weighted by Crippen LogP contribution is -2.32. The number of urea groups is 1. The highest BCUT2D eigenvalue weighted by molar-refractivity contribution is 8.15. The number of carbonyl (C=O) groups excluding carboxylic acids is 2. The molecule has 0 saturated carbocycles. The molecule has 4 aromatic rings. The Morgan fingerprint density at radius 2 is 1.88 bits per heavy atom. The Bertz CT molecular complexity index is 1690. The molecule has 222 valence electrons. The molecule has 43 heavy (non-hydrogen) atoms. The highest BCUT2D eigenvalue weighted by Crippen LogP contribution is 2.34. The smallest absolute Gasteiger partial charge is 0.406 e. The van der Waals surface area contributed by atoms with Crippen LogP contribution in [0.3, 0.4) is 0 Å². The van der Waals surface area contributed by atoms with Crippen molar-refractivity contribution < 1.29 is 27.5 Å². The van der Waals surface area contributed by atoms with Gasteiger partial charge in [0.25, 0.3) is 0 Å². The first kappa shape index (κ1) is 29.8. The number of thioether (sulfide) groups is 1. The van der Waals surface area contributed by atoms with E-state index >= 15 is 0 Å². The summed E-state index contributed by atoms with van der Waals surface area (Å²) < 4.78 is 42.6. The fourth-order valence-electron chi connectivity index (χ4n) is 4.46. The summed E-state index contributed by atoms with van der Waals surface area (Å²) in [6, 6.07) is 17.9. The van der Waals surface area contributed by atoms with E-state index in [0.717, 1.165) is 22.4 Å². The van der Waals surface area contributed by atoms with E-state index in [-0.39, 0.29) is 29.9 Å². The van der Waals surface area contributed by atoms with Crippen LogP contribution in [0.4, 0.5) is 23.7 Å². The predicted molar refractivity (Wildman–Crippen MR) is 158 cm³/mol. The molecule has 2 heterocycles. The van der Waals surface area contributed by atoms with E-state index in [1.165, 1.54) is 51.9 Å². The molecule has 0 atom stereocenters. The minimum Gasteiger partial charge on any atom is -0.406 e. The van der Waals surface area contributed by atoms with E-state index in [0.29, 0.717) is 22.2 Å². The van der Waals surface area contributed by atoms with Gasteiger partial charge < -0.3 is 10.1 Å². The van der Waals surface area contributed by atoms with Gasteiger partial charge in [0.2, 0.25) is 5.91 Å². The van der Waals surface area contributed by atoms with Crippen molar-refractivity contribution in [1.82, 2.24) is 20.1 Å². The second-order valence-corrected chi connectivity index (χ2v) is 11.0. The van der Waals surface area contributed by atoms with Crippen LogP contribution < -0.4 is 15.0 Å². The van der Waals surface area contributed by atoms with Gasteiger partial charge in [-0.15, -0.1) is 18.3 Å². The number of amidine groups is 1. The molecule has 1 fully saturated rings. The molecule has 3 aromatic carbocycles. The summed E-state index contributed by atoms with van der Waals surface area (Å²) in [5, 5.41) is 7.53. The molecule has 9 nitrogen and oxygen atoms in total. The van der Waals surface area contributed by atoms with Crippen molar-refractivity contribution in [2.75, 3.05) is 10.7 Å². The van der Waals surface area contributed by atoms with Crippen LogP contribution in [0.1, 0.15) is 36.5 Å². The number of ether oxygens (including phenoxy) is 1. The predicted octanol–water partition coefficient (Wildman–Crippen LogP) is 6.61. The number of nitrogens with one attached hydrogen (secondary N) is 1. The number of hydrogen-bond acceptors (Lipinski definition) is 6. The number of carbonyl (C=O) groups is 2. The maximum absolute atomic E-state index is 12.8. The van der Waals surface area contributed by atoms with Crippen molar-refractivity contribution in [1.29, 1.82) is 0 Å². The number of aliphatic imine (C=N–C) groups is 1. The summed E-state index contributed by atoms with van der Waals surface area (Å²) in [5.74, 6) is 0.299. The molecule has 13 heteroatoms. The van der Waals surface area contributed by atoms with Gasteiger partial charge in [0.1, 0.15) is 12.1 Å². The molecular formula is C30H27F3N6O3S. The lowest BCUT2D eigenvalue weighted by atomic mass is 9.99. The quantitative estimate of drug-likeness (QED) is 0.253. The van der Waals surface area contributed by atoms with Crippen LogP contribution >= 0.6 is 11.8 Å². The van der Waals surface area contributed by atoms with Crippen LogP contribution in [0.15, 0.2) is 78.0 Å². The third-order valence-electron chi connectivity index (χ3n) is 6.47. The summed E-state index contributed by atoms with van der Waals surface area (Å²) in [5.41, 5.74) is 4.68. The Labute approximate surface area is 249 Å². The van der Waals surface area contributed by atoms with E-state index in [2.05, 4.69) is 25.1 Å². The Kier molecular flexibility index (Phi) is 8.53. The van der Waals surface area contributed by atoms with Crippen LogP contribution in [0, 0.1) is 6.92 Å². The molecule has 1 aromatic heterocycles. The molecule has 5 rings (SSSR count). The van der Waals surface area contributed by atoms with Crippen molar-refractivity contribution in [2.24, 2.45) is 4.99 Å². The maximum atomic E-state index is 12.8. The van der Waals surface area contributed by atoms with Crippen molar-refractivity contribution in [3.63, 3.8) is 0 Å². The zero-order valence-corrected chi connectivity index (χ0v) is 24.2. The molecule has 1 aliphatic heterocycles. The number of nitrogens with zero attached hydrogens (tertiary/aromatic N) is 5. The zero-order chi connectivity index (χ0) is 30.7. The van der Waals surface area contributed by atoms with Gasteiger partial charge in [0, 0.05) is 12.1 Å². The summed E-state index contributed by atoms with van der Waals surface area (Å²) in [4.78, 5) is 35.6. The van der Waals surface area contributed by atoms with Crippen molar-refractivity contribution in [2.45, 2.75) is 39.6 Å². The van der Waals surface area contributed by atoms with E-state index in [4.69, 9.17) is 0 Å². The Balaban J connectivity index is 1.26. The molecule has 3 amide bonds. The molecule has 0 aliphatic carbocycles. The Morgan fingerprint density at radius 3 is 2.60 bits per heavy atom. The lowest BCUT2D eigenvalue weighted by molar-refractivity contribution is -0.274. The van der Waals surface area contributed by atoms with Crippen molar-refractivity contribution in [3.05, 3.63) is 89.7 Å². The number of rotatable bonds is 7. The SMILES string of the molecule is Cc1ccc(C(C)C)c(N2C(=O)CSC2=NC(=O)NCc2cccc(-c3ncn(-c4ccc(OC(F)(F)F)cc4)n3)c2)c1. The average Bonchev–Trinajstić information content (AvgIpc) is 3.58. The van der Waals surface area contributed by atoms with E-state index in [1.54, 1.807) is 12.1 Å². The molecular weight excluding hydrogens is 581 g/mol. The number of amides is 3. The number of alkyl halides is 3. The normalized spacial score (nSPS) is 14.5. The summed E-state index contributed by atoms with van der Waals surface area (Å²) >= 11 is 1.22. The standard InChI is InChI=1S/C30H27F3N6O3S/c1-18(2)24-12-7-19(3)13-25(24)39-26(40)16-43-29(39)36-28(41)34-15-20-5-4-6-21(14-20)27-35-17-38(37-27)22-8-10-23(11-9-22)42-30(31,32)33/h4-14,17-18H,15-16H2,1-3H3,(H,34,41). The van der Waals surface area contributed by atoms with Crippen molar-refractivity contribution in [3.8, 4) is 22.8 Å². The summed E-state index contributed by atoms with van der Waals surface area (Å²) in [7, 11) is 0. The van der Waals surface area contributed by atoms with Gasteiger partial charge in [-0.2, -0.15) is 4.99 Å². The third kappa shape index (κ3) is 7.23. The Morgan fingerprint density at radius 1 is 1.12 bits per heavy atom. The van der Waals surface area contributed by atoms with E-state index in [9.17, 15) is 22.8 Å². The maximum Gasteiger partial charge on any atom is 0.573 e. The molecule has 1 aliphatic rings. The molecule has 1 saturated heterocycles. The van der Waals surface area contributed by atoms with Crippen LogP contribution in [0.5, 0.6) is 5.75 Å². The molecule has 0 radical (unpaired) electrons. The van der Waals surface area contributed by atoms with Gasteiger partial charge in [-0.3, -0.25) is 9.69 Å². The molecule has 0 unspecified atom stereocenters. The number of aromatic nitrogens is 3. The van der Waals surface area contributed by atoms with Gasteiger partial charge in [0.05, 0.1) is 17.1 Å². The molecule has 1 N–H and O–H groups in total. The van der Waals surface area contributed by atoms with Gasteiger partial charge >= 0.3 is 12.4 Å². The summed E-state index contributed by atoms with van der Waals surface area (Å²) in [6.07, 6.45) is -3.32. The molecule has 0 bridgehead atoms. The highest BCUT2D eigenvalue weighted by Gasteiger charge is 2.33. The van der Waals surface area contributed by atoms with Gasteiger partial charge in [0.15, 0.2) is 11.0 Å². The van der Waals surface area contributed by atoms with Crippen molar-refractivity contribution >= 4 is 34.6 Å². The van der Waals surface area contributed by atoms with Crippen LogP contribution in [-0.4, -0.2) is 44.0 Å². The second kappa shape index (κ2) is 12.3. The van der Waals surface area contributed by atoms with Crippen LogP contribution in [0.25, 0.3) is 17.1 Å². The first-order chi connectivity index (χ1) is 20.5. The number of hydrogen-bond donors (Lipinski definition) is 1. The lowest BCUT2D eigenvalue weighted by Gasteiger charge is -2.22. The largest absolute Gasteiger partial charge is 0.573 e. The first-order valence-corrected chi connectivity index (χ1v) is 14.3. The average molecular weight is 609 g/mol. The Hall–Kier alpha value is -4.65. The fourth-order valence-corrected chi connectivity index (χ4v) is 5.32. The van der Waals surface area contributed by atoms with Gasteiger partial charge in [-0.25, -0.2) is 14.5 Å². The van der Waals surface area contributed by atoms with Gasteiger partial charge in [-0.1, -0.05) is 55.9 Å². The topological polar surface area (TPSA) is 102 Å². The van der Waals surface area contributed by atoms with Crippen LogP contribution in [0.2, 0.25) is 0 Å². The van der Waals surface area contributed by atoms with Crippen LogP contribution in [-0.2, 0) is 11.3 Å². The monoisotopic (exact) mass is 608 g/mol. The number of halogens is 3. The number of aryl methyl sites for hydroxylation is 1. The number of anilines is 1. The molecule has 0 spiro atoms. The third-order valence-corrected chi connectivity index (χ3v) is 7.39. The zero-order valence-electron chi connectivity index (χ0n) is 23.4. The fraction of sp³-hybridized carbons (Fsp3) is 0.233. The van der Waals surface area contributed by atoms with E-state index < -0.39 is 12.4 Å². The summed E-state index contributed by atoms with van der Waals surface area (Å²) in [6.45, 7) is 6.22. The minimum absolute atomic E-state index is 0.130. The van der Waals surface area contributed by atoms with E-state index in [1.807, 2.05) is 51.1 Å². The number of benzene rings is 3.